The molecule has 0 saturated carbocycles. The van der Waals surface area contributed by atoms with Gasteiger partial charge in [-0.05, 0) is 23.8 Å². The summed E-state index contributed by atoms with van der Waals surface area (Å²) in [6, 6.07) is 7.60. The van der Waals surface area contributed by atoms with Crippen molar-refractivity contribution in [3.8, 4) is 5.88 Å². The number of esters is 1. The minimum Gasteiger partial charge on any atom is -0.480 e. The van der Waals surface area contributed by atoms with Gasteiger partial charge in [0.25, 0.3) is 0 Å². The van der Waals surface area contributed by atoms with Gasteiger partial charge in [-0.1, -0.05) is 6.07 Å². The fourth-order valence-corrected chi connectivity index (χ4v) is 2.91. The number of aromatic nitrogens is 2. The highest BCUT2D eigenvalue weighted by Gasteiger charge is 2.21. The molecular formula is C18H22N4O3. The fraction of sp³-hybridized carbons (Fsp3) is 0.389. The molecule has 7 nitrogen and oxygen atoms in total. The minimum absolute atomic E-state index is 0.294. The van der Waals surface area contributed by atoms with Gasteiger partial charge >= 0.3 is 5.97 Å². The summed E-state index contributed by atoms with van der Waals surface area (Å²) in [5, 5.41) is 0. The molecule has 0 N–H and O–H groups in total. The van der Waals surface area contributed by atoms with Crippen LogP contribution in [0.3, 0.4) is 0 Å². The number of nitrogens with zero attached hydrogens (tertiary/aromatic N) is 4. The second-order valence-electron chi connectivity index (χ2n) is 5.84. The first-order chi connectivity index (χ1) is 12.2. The fourth-order valence-electron chi connectivity index (χ4n) is 2.91. The predicted molar refractivity (Wildman–Crippen MR) is 93.9 cm³/mol. The highest BCUT2D eigenvalue weighted by atomic mass is 16.5. The lowest BCUT2D eigenvalue weighted by Crippen LogP contribution is -2.46. The number of pyridine rings is 2. The average Bonchev–Trinajstić information content (AvgIpc) is 2.68. The van der Waals surface area contributed by atoms with E-state index in [1.165, 1.54) is 19.8 Å². The number of carbonyl (C=O) groups excluding carboxylic acids is 1. The zero-order chi connectivity index (χ0) is 17.6. The molecule has 132 valence electrons. The maximum absolute atomic E-state index is 11.7. The number of methoxy groups -OCH3 is 2. The summed E-state index contributed by atoms with van der Waals surface area (Å²) < 4.78 is 9.99. The molecular weight excluding hydrogens is 320 g/mol. The van der Waals surface area contributed by atoms with Crippen LogP contribution < -0.4 is 9.64 Å². The quantitative estimate of drug-likeness (QED) is 0.765. The highest BCUT2D eigenvalue weighted by molar-refractivity contribution is 5.92. The molecule has 7 heteroatoms. The van der Waals surface area contributed by atoms with Crippen LogP contribution in [0.4, 0.5) is 5.82 Å². The van der Waals surface area contributed by atoms with Gasteiger partial charge in [-0.2, -0.15) is 4.98 Å². The summed E-state index contributed by atoms with van der Waals surface area (Å²) in [5.74, 6) is 0.657. The van der Waals surface area contributed by atoms with Gasteiger partial charge in [-0.15, -0.1) is 0 Å². The normalized spacial score (nSPS) is 15.0. The molecule has 3 heterocycles. The van der Waals surface area contributed by atoms with Crippen molar-refractivity contribution in [2.75, 3.05) is 45.3 Å². The molecule has 0 amide bonds. The average molecular weight is 342 g/mol. The monoisotopic (exact) mass is 342 g/mol. The first-order valence-corrected chi connectivity index (χ1v) is 8.21. The van der Waals surface area contributed by atoms with Crippen molar-refractivity contribution in [1.29, 1.82) is 0 Å². The third-order valence-electron chi connectivity index (χ3n) is 4.27. The molecule has 0 aromatic carbocycles. The van der Waals surface area contributed by atoms with Crippen LogP contribution in [-0.4, -0.2) is 61.2 Å². The van der Waals surface area contributed by atoms with Crippen LogP contribution in [0.25, 0.3) is 0 Å². The van der Waals surface area contributed by atoms with Crippen molar-refractivity contribution in [2.24, 2.45) is 0 Å². The predicted octanol–water partition coefficient (Wildman–Crippen LogP) is 1.59. The van der Waals surface area contributed by atoms with Crippen LogP contribution in [-0.2, 0) is 11.3 Å². The summed E-state index contributed by atoms with van der Waals surface area (Å²) >= 11 is 0. The van der Waals surface area contributed by atoms with Crippen LogP contribution in [0.5, 0.6) is 5.88 Å². The highest BCUT2D eigenvalue weighted by Crippen LogP contribution is 2.23. The second-order valence-corrected chi connectivity index (χ2v) is 5.84. The molecule has 0 unspecified atom stereocenters. The van der Waals surface area contributed by atoms with E-state index in [0.29, 0.717) is 11.4 Å². The first-order valence-electron chi connectivity index (χ1n) is 8.21. The van der Waals surface area contributed by atoms with E-state index >= 15 is 0 Å². The van der Waals surface area contributed by atoms with Gasteiger partial charge in [0.1, 0.15) is 11.4 Å². The number of hydrogen-bond donors (Lipinski definition) is 0. The molecule has 1 aliphatic heterocycles. The van der Waals surface area contributed by atoms with E-state index in [9.17, 15) is 4.79 Å². The van der Waals surface area contributed by atoms with E-state index in [-0.39, 0.29) is 0 Å². The zero-order valence-corrected chi connectivity index (χ0v) is 14.5. The van der Waals surface area contributed by atoms with E-state index in [1.54, 1.807) is 12.3 Å². The second kappa shape index (κ2) is 7.94. The topological polar surface area (TPSA) is 67.8 Å². The van der Waals surface area contributed by atoms with Gasteiger partial charge in [0, 0.05) is 45.1 Å². The van der Waals surface area contributed by atoms with Crippen molar-refractivity contribution < 1.29 is 14.3 Å². The number of ether oxygens (including phenoxy) is 2. The van der Waals surface area contributed by atoms with Gasteiger partial charge in [-0.3, -0.25) is 9.88 Å². The number of anilines is 1. The summed E-state index contributed by atoms with van der Waals surface area (Å²) in [6.07, 6.45) is 3.70. The van der Waals surface area contributed by atoms with E-state index in [4.69, 9.17) is 9.47 Å². The Bertz CT molecular complexity index is 716. The van der Waals surface area contributed by atoms with Crippen molar-refractivity contribution >= 4 is 11.8 Å². The molecule has 0 radical (unpaired) electrons. The van der Waals surface area contributed by atoms with Crippen LogP contribution in [0.2, 0.25) is 0 Å². The molecule has 0 spiro atoms. The lowest BCUT2D eigenvalue weighted by atomic mass is 10.2. The number of carbonyl (C=O) groups is 1. The maximum atomic E-state index is 11.7. The summed E-state index contributed by atoms with van der Waals surface area (Å²) in [7, 11) is 2.85. The Hall–Kier alpha value is -2.67. The SMILES string of the molecule is COC(=O)c1ccc(N2CCN(Cc3cccnc3)CC2)nc1OC. The summed E-state index contributed by atoms with van der Waals surface area (Å²) in [5.41, 5.74) is 1.56. The van der Waals surface area contributed by atoms with Crippen LogP contribution in [0.15, 0.2) is 36.7 Å². The minimum atomic E-state index is -0.447. The Morgan fingerprint density at radius 1 is 1.16 bits per heavy atom. The zero-order valence-electron chi connectivity index (χ0n) is 14.5. The molecule has 2 aromatic heterocycles. The molecule has 3 rings (SSSR count). The molecule has 1 saturated heterocycles. The molecule has 0 atom stereocenters. The number of hydrogen-bond acceptors (Lipinski definition) is 7. The van der Waals surface area contributed by atoms with Gasteiger partial charge in [-0.25, -0.2) is 4.79 Å². The third-order valence-corrected chi connectivity index (χ3v) is 4.27. The number of piperazine rings is 1. The molecule has 2 aromatic rings. The van der Waals surface area contributed by atoms with E-state index in [0.717, 1.165) is 38.5 Å². The third kappa shape index (κ3) is 4.06. The Balaban J connectivity index is 1.63. The van der Waals surface area contributed by atoms with Gasteiger partial charge < -0.3 is 14.4 Å². The van der Waals surface area contributed by atoms with Crippen LogP contribution >= 0.6 is 0 Å². The molecule has 25 heavy (non-hydrogen) atoms. The largest absolute Gasteiger partial charge is 0.480 e. The number of rotatable bonds is 5. The Morgan fingerprint density at radius 2 is 1.96 bits per heavy atom. The lowest BCUT2D eigenvalue weighted by Gasteiger charge is -2.35. The van der Waals surface area contributed by atoms with Crippen LogP contribution in [0.1, 0.15) is 15.9 Å². The van der Waals surface area contributed by atoms with E-state index in [2.05, 4.69) is 25.8 Å². The summed E-state index contributed by atoms with van der Waals surface area (Å²) in [4.78, 5) is 25.0. The Labute approximate surface area is 147 Å². The molecule has 0 bridgehead atoms. The van der Waals surface area contributed by atoms with Crippen molar-refractivity contribution in [3.63, 3.8) is 0 Å². The van der Waals surface area contributed by atoms with Crippen molar-refractivity contribution in [2.45, 2.75) is 6.54 Å². The lowest BCUT2D eigenvalue weighted by molar-refractivity contribution is 0.0596. The maximum Gasteiger partial charge on any atom is 0.343 e. The smallest absolute Gasteiger partial charge is 0.343 e. The molecule has 1 aliphatic rings. The standard InChI is InChI=1S/C18H22N4O3/c1-24-17-15(18(23)25-2)5-6-16(20-17)22-10-8-21(9-11-22)13-14-4-3-7-19-12-14/h3-7,12H,8-11,13H2,1-2H3. The molecule has 1 fully saturated rings. The Kier molecular flexibility index (Phi) is 5.45. The van der Waals surface area contributed by atoms with Gasteiger partial charge in [0.05, 0.1) is 14.2 Å². The van der Waals surface area contributed by atoms with Gasteiger partial charge in [0.2, 0.25) is 5.88 Å². The van der Waals surface area contributed by atoms with Crippen molar-refractivity contribution in [1.82, 2.24) is 14.9 Å². The van der Waals surface area contributed by atoms with Crippen LogP contribution in [0, 0.1) is 0 Å². The summed E-state index contributed by atoms with van der Waals surface area (Å²) in [6.45, 7) is 4.52. The Morgan fingerprint density at radius 3 is 2.60 bits per heavy atom. The van der Waals surface area contributed by atoms with E-state index in [1.807, 2.05) is 18.3 Å². The van der Waals surface area contributed by atoms with Gasteiger partial charge in [0.15, 0.2) is 0 Å². The first kappa shape index (κ1) is 17.2. The van der Waals surface area contributed by atoms with Crippen molar-refractivity contribution in [3.05, 3.63) is 47.8 Å². The van der Waals surface area contributed by atoms with E-state index < -0.39 is 5.97 Å². The molecule has 0 aliphatic carbocycles.